The Labute approximate surface area is 154 Å². The number of thiophene rings is 1. The second-order valence-electron chi connectivity index (χ2n) is 7.38. The minimum absolute atomic E-state index is 0.177. The molecule has 1 N–H and O–H groups in total. The number of nitrogens with zero attached hydrogens (tertiary/aromatic N) is 1. The lowest BCUT2D eigenvalue weighted by atomic mass is 9.74. The lowest BCUT2D eigenvalue weighted by molar-refractivity contribution is 0.0945. The minimum atomic E-state index is 0.177. The van der Waals surface area contributed by atoms with Gasteiger partial charge in [0.05, 0.1) is 0 Å². The van der Waals surface area contributed by atoms with Gasteiger partial charge in [0.25, 0.3) is 0 Å². The van der Waals surface area contributed by atoms with Crippen molar-refractivity contribution >= 4 is 27.1 Å². The molecule has 0 bridgehead atoms. The van der Waals surface area contributed by atoms with Crippen LogP contribution in [-0.2, 0) is 5.54 Å². The standard InChI is InChI=1S/C22H26N2S/c1-24(2)22(18-6-4-3-5-7-18)13-10-19(11-14-22)23-20-8-9-21-17(16-20)12-15-25-21/h3-9,12,15-16,19,23H,10-11,13-14H2,1-2H3. The zero-order chi connectivity index (χ0) is 17.3. The molecule has 1 fully saturated rings. The lowest BCUT2D eigenvalue weighted by Gasteiger charge is -2.46. The van der Waals surface area contributed by atoms with Crippen molar-refractivity contribution in [3.05, 3.63) is 65.5 Å². The van der Waals surface area contributed by atoms with Gasteiger partial charge in [-0.3, -0.25) is 4.90 Å². The molecule has 0 radical (unpaired) electrons. The highest BCUT2D eigenvalue weighted by Crippen LogP contribution is 2.41. The normalized spacial score (nSPS) is 23.9. The summed E-state index contributed by atoms with van der Waals surface area (Å²) in [6.07, 6.45) is 4.80. The van der Waals surface area contributed by atoms with E-state index >= 15 is 0 Å². The molecule has 2 nitrogen and oxygen atoms in total. The highest BCUT2D eigenvalue weighted by atomic mass is 32.1. The number of benzene rings is 2. The van der Waals surface area contributed by atoms with E-state index in [0.29, 0.717) is 6.04 Å². The van der Waals surface area contributed by atoms with E-state index in [-0.39, 0.29) is 5.54 Å². The molecular formula is C22H26N2S. The van der Waals surface area contributed by atoms with Crippen molar-refractivity contribution < 1.29 is 0 Å². The number of fused-ring (bicyclic) bond motifs is 1. The molecule has 0 amide bonds. The van der Waals surface area contributed by atoms with Crippen LogP contribution in [0.5, 0.6) is 0 Å². The van der Waals surface area contributed by atoms with Gasteiger partial charge in [0.15, 0.2) is 0 Å². The molecule has 0 unspecified atom stereocenters. The smallest absolute Gasteiger partial charge is 0.0456 e. The number of nitrogens with one attached hydrogen (secondary N) is 1. The molecule has 1 heterocycles. The van der Waals surface area contributed by atoms with Crippen LogP contribution < -0.4 is 5.32 Å². The molecule has 4 rings (SSSR count). The van der Waals surface area contributed by atoms with Gasteiger partial charge in [0.1, 0.15) is 0 Å². The Morgan fingerprint density at radius 3 is 2.48 bits per heavy atom. The molecule has 130 valence electrons. The summed E-state index contributed by atoms with van der Waals surface area (Å²) in [7, 11) is 4.45. The molecule has 0 atom stereocenters. The van der Waals surface area contributed by atoms with Crippen molar-refractivity contribution in [3.63, 3.8) is 0 Å². The van der Waals surface area contributed by atoms with Crippen molar-refractivity contribution in [3.8, 4) is 0 Å². The summed E-state index contributed by atoms with van der Waals surface area (Å²) in [6.45, 7) is 0. The fraction of sp³-hybridized carbons (Fsp3) is 0.364. The van der Waals surface area contributed by atoms with Gasteiger partial charge in [0, 0.05) is 22.0 Å². The van der Waals surface area contributed by atoms with Crippen molar-refractivity contribution in [1.82, 2.24) is 4.90 Å². The zero-order valence-electron chi connectivity index (χ0n) is 15.0. The number of anilines is 1. The van der Waals surface area contributed by atoms with Crippen LogP contribution in [0, 0.1) is 0 Å². The summed E-state index contributed by atoms with van der Waals surface area (Å²) in [5, 5.41) is 7.29. The monoisotopic (exact) mass is 350 g/mol. The second kappa shape index (κ2) is 6.81. The van der Waals surface area contributed by atoms with Crippen LogP contribution in [0.15, 0.2) is 60.0 Å². The first-order valence-corrected chi connectivity index (χ1v) is 10.0. The molecule has 0 aliphatic heterocycles. The summed E-state index contributed by atoms with van der Waals surface area (Å²) >= 11 is 1.81. The van der Waals surface area contributed by atoms with E-state index in [0.717, 1.165) is 0 Å². The summed E-state index contributed by atoms with van der Waals surface area (Å²) in [4.78, 5) is 2.43. The molecule has 1 aliphatic rings. The molecule has 25 heavy (non-hydrogen) atoms. The Kier molecular flexibility index (Phi) is 4.53. The van der Waals surface area contributed by atoms with E-state index in [4.69, 9.17) is 0 Å². The Morgan fingerprint density at radius 2 is 1.76 bits per heavy atom. The average Bonchev–Trinajstić information content (AvgIpc) is 3.11. The van der Waals surface area contributed by atoms with Crippen molar-refractivity contribution in [2.75, 3.05) is 19.4 Å². The van der Waals surface area contributed by atoms with E-state index in [1.807, 2.05) is 11.3 Å². The Morgan fingerprint density at radius 1 is 1.00 bits per heavy atom. The highest BCUT2D eigenvalue weighted by Gasteiger charge is 2.38. The Hall–Kier alpha value is -1.84. The predicted molar refractivity (Wildman–Crippen MR) is 110 cm³/mol. The third-order valence-electron chi connectivity index (χ3n) is 5.80. The van der Waals surface area contributed by atoms with E-state index in [1.165, 1.54) is 47.0 Å². The SMILES string of the molecule is CN(C)C1(c2ccccc2)CCC(Nc2ccc3sccc3c2)CC1. The number of hydrogen-bond acceptors (Lipinski definition) is 3. The average molecular weight is 351 g/mol. The number of rotatable bonds is 4. The third kappa shape index (κ3) is 3.19. The summed E-state index contributed by atoms with van der Waals surface area (Å²) in [5.74, 6) is 0. The van der Waals surface area contributed by atoms with Crippen LogP contribution in [0.3, 0.4) is 0 Å². The van der Waals surface area contributed by atoms with E-state index in [2.05, 4.69) is 84.3 Å². The summed E-state index contributed by atoms with van der Waals surface area (Å²) < 4.78 is 1.37. The molecule has 2 aromatic carbocycles. The van der Waals surface area contributed by atoms with Crippen LogP contribution in [-0.4, -0.2) is 25.0 Å². The van der Waals surface area contributed by atoms with Crippen LogP contribution >= 0.6 is 11.3 Å². The maximum absolute atomic E-state index is 3.78. The molecule has 3 heteroatoms. The molecule has 1 saturated carbocycles. The fourth-order valence-electron chi connectivity index (χ4n) is 4.27. The first-order chi connectivity index (χ1) is 12.2. The van der Waals surface area contributed by atoms with Crippen LogP contribution in [0.25, 0.3) is 10.1 Å². The van der Waals surface area contributed by atoms with Gasteiger partial charge in [-0.1, -0.05) is 30.3 Å². The van der Waals surface area contributed by atoms with Gasteiger partial charge in [-0.05, 0) is 80.4 Å². The maximum atomic E-state index is 3.78. The molecule has 3 aromatic rings. The van der Waals surface area contributed by atoms with Gasteiger partial charge in [-0.2, -0.15) is 0 Å². The predicted octanol–water partition coefficient (Wildman–Crippen LogP) is 5.71. The van der Waals surface area contributed by atoms with Crippen LogP contribution in [0.4, 0.5) is 5.69 Å². The second-order valence-corrected chi connectivity index (χ2v) is 8.33. The van der Waals surface area contributed by atoms with Gasteiger partial charge in [0.2, 0.25) is 0 Å². The topological polar surface area (TPSA) is 15.3 Å². The maximum Gasteiger partial charge on any atom is 0.0456 e. The van der Waals surface area contributed by atoms with Crippen LogP contribution in [0.1, 0.15) is 31.2 Å². The van der Waals surface area contributed by atoms with E-state index < -0.39 is 0 Å². The summed E-state index contributed by atoms with van der Waals surface area (Å²) in [6, 6.07) is 20.5. The largest absolute Gasteiger partial charge is 0.382 e. The molecule has 0 spiro atoms. The van der Waals surface area contributed by atoms with Crippen molar-refractivity contribution in [2.45, 2.75) is 37.3 Å². The number of hydrogen-bond donors (Lipinski definition) is 1. The van der Waals surface area contributed by atoms with Gasteiger partial charge in [-0.15, -0.1) is 11.3 Å². The van der Waals surface area contributed by atoms with E-state index in [9.17, 15) is 0 Å². The van der Waals surface area contributed by atoms with Gasteiger partial charge < -0.3 is 5.32 Å². The van der Waals surface area contributed by atoms with Crippen molar-refractivity contribution in [1.29, 1.82) is 0 Å². The van der Waals surface area contributed by atoms with E-state index in [1.54, 1.807) is 0 Å². The van der Waals surface area contributed by atoms with Crippen molar-refractivity contribution in [2.24, 2.45) is 0 Å². The summed E-state index contributed by atoms with van der Waals surface area (Å²) in [5.41, 5.74) is 2.89. The molecule has 0 saturated heterocycles. The van der Waals surface area contributed by atoms with Gasteiger partial charge >= 0.3 is 0 Å². The lowest BCUT2D eigenvalue weighted by Crippen LogP contribution is -2.46. The molecule has 1 aromatic heterocycles. The highest BCUT2D eigenvalue weighted by molar-refractivity contribution is 7.17. The minimum Gasteiger partial charge on any atom is -0.382 e. The van der Waals surface area contributed by atoms with Gasteiger partial charge in [-0.25, -0.2) is 0 Å². The van der Waals surface area contributed by atoms with Crippen LogP contribution in [0.2, 0.25) is 0 Å². The molecule has 1 aliphatic carbocycles. The third-order valence-corrected chi connectivity index (χ3v) is 6.70. The zero-order valence-corrected chi connectivity index (χ0v) is 15.9. The fourth-order valence-corrected chi connectivity index (χ4v) is 5.05. The molecular weight excluding hydrogens is 324 g/mol. The first-order valence-electron chi connectivity index (χ1n) is 9.14. The first kappa shape index (κ1) is 16.6. The Balaban J connectivity index is 1.48. The quantitative estimate of drug-likeness (QED) is 0.648. The Bertz CT molecular complexity index is 829.